The Morgan fingerprint density at radius 2 is 1.76 bits per heavy atom. The molecule has 25 heavy (non-hydrogen) atoms. The third kappa shape index (κ3) is 6.16. The first kappa shape index (κ1) is 19.4. The zero-order chi connectivity index (χ0) is 18.2. The predicted molar refractivity (Wildman–Crippen MR) is 98.2 cm³/mol. The molecule has 1 saturated carbocycles. The first-order valence-corrected chi connectivity index (χ1v) is 9.31. The van der Waals surface area contributed by atoms with Gasteiger partial charge in [0.2, 0.25) is 5.91 Å². The minimum Gasteiger partial charge on any atom is -0.480 e. The van der Waals surface area contributed by atoms with Gasteiger partial charge in [-0.15, -0.1) is 0 Å². The van der Waals surface area contributed by atoms with Gasteiger partial charge in [0.1, 0.15) is 12.1 Å². The first-order chi connectivity index (χ1) is 12.0. The van der Waals surface area contributed by atoms with Crippen LogP contribution in [-0.2, 0) is 9.59 Å². The molecule has 3 N–H and O–H groups in total. The van der Waals surface area contributed by atoms with Crippen molar-refractivity contribution in [1.29, 1.82) is 0 Å². The molecule has 1 amide bonds. The fourth-order valence-electron chi connectivity index (χ4n) is 3.41. The third-order valence-electron chi connectivity index (χ3n) is 4.72. The molecule has 0 heterocycles. The summed E-state index contributed by atoms with van der Waals surface area (Å²) in [6.45, 7) is 3.97. The van der Waals surface area contributed by atoms with Crippen LogP contribution >= 0.6 is 0 Å². The second-order valence-electron chi connectivity index (χ2n) is 7.37. The van der Waals surface area contributed by atoms with E-state index in [1.165, 1.54) is 6.42 Å². The number of hydrogen-bond donors (Lipinski definition) is 3. The quantitative estimate of drug-likeness (QED) is 0.675. The van der Waals surface area contributed by atoms with E-state index in [2.05, 4.69) is 10.6 Å². The van der Waals surface area contributed by atoms with Crippen molar-refractivity contribution in [3.8, 4) is 0 Å². The van der Waals surface area contributed by atoms with Gasteiger partial charge in [-0.05, 0) is 30.7 Å². The van der Waals surface area contributed by atoms with Crippen molar-refractivity contribution in [2.75, 3.05) is 0 Å². The predicted octanol–water partition coefficient (Wildman–Crippen LogP) is 3.27. The standard InChI is InChI=1S/C20H30N2O3/c1-14(2)13-17(20(24)25)22-18(15-9-5-3-6-10-15)19(23)21-16-11-7-4-8-12-16/h3,5-6,9-10,14,16-18,22H,4,7-8,11-13H2,1-2H3,(H,21,23)(H,24,25)/t17-,18?/m0/s1. The molecule has 0 aromatic heterocycles. The highest BCUT2D eigenvalue weighted by atomic mass is 16.4. The van der Waals surface area contributed by atoms with E-state index in [0.717, 1.165) is 31.2 Å². The topological polar surface area (TPSA) is 78.4 Å². The van der Waals surface area contributed by atoms with Crippen molar-refractivity contribution in [1.82, 2.24) is 10.6 Å². The van der Waals surface area contributed by atoms with Crippen LogP contribution in [0.3, 0.4) is 0 Å². The van der Waals surface area contributed by atoms with E-state index in [1.807, 2.05) is 44.2 Å². The monoisotopic (exact) mass is 346 g/mol. The van der Waals surface area contributed by atoms with Gasteiger partial charge in [0.25, 0.3) is 0 Å². The lowest BCUT2D eigenvalue weighted by molar-refractivity contribution is -0.140. The molecule has 1 aromatic rings. The van der Waals surface area contributed by atoms with Crippen LogP contribution in [0.25, 0.3) is 0 Å². The minimum atomic E-state index is -0.917. The molecule has 0 bridgehead atoms. The highest BCUT2D eigenvalue weighted by Crippen LogP contribution is 2.20. The molecule has 5 heteroatoms. The Morgan fingerprint density at radius 1 is 1.12 bits per heavy atom. The van der Waals surface area contributed by atoms with Gasteiger partial charge in [-0.1, -0.05) is 63.4 Å². The Morgan fingerprint density at radius 3 is 2.32 bits per heavy atom. The Balaban J connectivity index is 2.14. The fourth-order valence-corrected chi connectivity index (χ4v) is 3.41. The molecule has 0 saturated heterocycles. The summed E-state index contributed by atoms with van der Waals surface area (Å²) in [5.74, 6) is -0.820. The van der Waals surface area contributed by atoms with E-state index in [4.69, 9.17) is 0 Å². The number of aliphatic carboxylic acids is 1. The van der Waals surface area contributed by atoms with Crippen LogP contribution in [-0.4, -0.2) is 29.1 Å². The summed E-state index contributed by atoms with van der Waals surface area (Å²) < 4.78 is 0. The van der Waals surface area contributed by atoms with E-state index in [0.29, 0.717) is 6.42 Å². The minimum absolute atomic E-state index is 0.131. The molecule has 1 aliphatic rings. The Kier molecular flexibility index (Phi) is 7.44. The number of carboxylic acids is 1. The Hall–Kier alpha value is -1.88. The van der Waals surface area contributed by atoms with Crippen LogP contribution in [0.2, 0.25) is 0 Å². The van der Waals surface area contributed by atoms with Crippen LogP contribution in [0.15, 0.2) is 30.3 Å². The van der Waals surface area contributed by atoms with E-state index < -0.39 is 18.1 Å². The number of carboxylic acid groups (broad SMARTS) is 1. The average Bonchev–Trinajstić information content (AvgIpc) is 2.59. The van der Waals surface area contributed by atoms with Gasteiger partial charge in [-0.3, -0.25) is 14.9 Å². The van der Waals surface area contributed by atoms with Gasteiger partial charge >= 0.3 is 5.97 Å². The molecule has 1 aromatic carbocycles. The molecule has 0 radical (unpaired) electrons. The largest absolute Gasteiger partial charge is 0.480 e. The second-order valence-corrected chi connectivity index (χ2v) is 7.37. The summed E-state index contributed by atoms with van der Waals surface area (Å²) in [5.41, 5.74) is 0.797. The number of amides is 1. The molecule has 138 valence electrons. The first-order valence-electron chi connectivity index (χ1n) is 9.31. The van der Waals surface area contributed by atoms with Crippen LogP contribution in [0.4, 0.5) is 0 Å². The lowest BCUT2D eigenvalue weighted by Crippen LogP contribution is -2.48. The maximum absolute atomic E-state index is 12.9. The molecule has 2 atom stereocenters. The molecular formula is C20H30N2O3. The molecule has 5 nitrogen and oxygen atoms in total. The maximum atomic E-state index is 12.9. The van der Waals surface area contributed by atoms with Crippen molar-refractivity contribution in [2.45, 2.75) is 70.5 Å². The highest BCUT2D eigenvalue weighted by molar-refractivity contribution is 5.84. The third-order valence-corrected chi connectivity index (χ3v) is 4.72. The summed E-state index contributed by atoms with van der Waals surface area (Å²) in [6.07, 6.45) is 5.99. The van der Waals surface area contributed by atoms with Gasteiger partial charge in [0.15, 0.2) is 0 Å². The van der Waals surface area contributed by atoms with Crippen molar-refractivity contribution >= 4 is 11.9 Å². The van der Waals surface area contributed by atoms with Crippen molar-refractivity contribution in [3.05, 3.63) is 35.9 Å². The number of benzene rings is 1. The van der Waals surface area contributed by atoms with E-state index in [1.54, 1.807) is 0 Å². The molecule has 1 aliphatic carbocycles. The maximum Gasteiger partial charge on any atom is 0.320 e. The summed E-state index contributed by atoms with van der Waals surface area (Å²) in [5, 5.41) is 15.7. The fraction of sp³-hybridized carbons (Fsp3) is 0.600. The summed E-state index contributed by atoms with van der Waals surface area (Å²) in [7, 11) is 0. The van der Waals surface area contributed by atoms with Crippen molar-refractivity contribution < 1.29 is 14.7 Å². The normalized spacial score (nSPS) is 17.9. The zero-order valence-corrected chi connectivity index (χ0v) is 15.2. The van der Waals surface area contributed by atoms with Crippen LogP contribution in [0.5, 0.6) is 0 Å². The van der Waals surface area contributed by atoms with Gasteiger partial charge in [-0.2, -0.15) is 0 Å². The zero-order valence-electron chi connectivity index (χ0n) is 15.2. The molecule has 1 unspecified atom stereocenters. The molecule has 2 rings (SSSR count). The van der Waals surface area contributed by atoms with Gasteiger partial charge in [0, 0.05) is 6.04 Å². The number of carbonyl (C=O) groups excluding carboxylic acids is 1. The molecular weight excluding hydrogens is 316 g/mol. The summed E-state index contributed by atoms with van der Waals surface area (Å²) >= 11 is 0. The van der Waals surface area contributed by atoms with Gasteiger partial charge < -0.3 is 10.4 Å². The van der Waals surface area contributed by atoms with Crippen molar-refractivity contribution in [2.24, 2.45) is 5.92 Å². The van der Waals surface area contributed by atoms with Gasteiger partial charge in [0.05, 0.1) is 0 Å². The van der Waals surface area contributed by atoms with Gasteiger partial charge in [-0.25, -0.2) is 0 Å². The molecule has 0 aliphatic heterocycles. The molecule has 0 spiro atoms. The van der Waals surface area contributed by atoms with E-state index >= 15 is 0 Å². The number of nitrogens with one attached hydrogen (secondary N) is 2. The lowest BCUT2D eigenvalue weighted by Gasteiger charge is -2.28. The van der Waals surface area contributed by atoms with Crippen LogP contribution in [0, 0.1) is 5.92 Å². The second kappa shape index (κ2) is 9.56. The van der Waals surface area contributed by atoms with Crippen LogP contribution in [0.1, 0.15) is 64.0 Å². The van der Waals surface area contributed by atoms with E-state index in [9.17, 15) is 14.7 Å². The van der Waals surface area contributed by atoms with Crippen molar-refractivity contribution in [3.63, 3.8) is 0 Å². The highest BCUT2D eigenvalue weighted by Gasteiger charge is 2.29. The average molecular weight is 346 g/mol. The number of hydrogen-bond acceptors (Lipinski definition) is 3. The van der Waals surface area contributed by atoms with E-state index in [-0.39, 0.29) is 17.9 Å². The summed E-state index contributed by atoms with van der Waals surface area (Å²) in [6, 6.07) is 8.17. The van der Waals surface area contributed by atoms with Crippen LogP contribution < -0.4 is 10.6 Å². The smallest absolute Gasteiger partial charge is 0.320 e. The Bertz CT molecular complexity index is 553. The lowest BCUT2D eigenvalue weighted by atomic mass is 9.94. The number of rotatable bonds is 8. The summed E-state index contributed by atoms with van der Waals surface area (Å²) in [4.78, 5) is 24.5. The Labute approximate surface area is 150 Å². The SMILES string of the molecule is CC(C)C[C@H](NC(C(=O)NC1CCCCC1)c1ccccc1)C(=O)O. The number of carbonyl (C=O) groups is 2. The molecule has 1 fully saturated rings.